The quantitative estimate of drug-likeness (QED) is 0.690. The van der Waals surface area contributed by atoms with Crippen LogP contribution in [-0.4, -0.2) is 34.4 Å². The van der Waals surface area contributed by atoms with Gasteiger partial charge in [-0.25, -0.2) is 4.39 Å². The molecule has 2 aromatic rings. The fourth-order valence-corrected chi connectivity index (χ4v) is 3.55. The number of rotatable bonds is 3. The monoisotopic (exact) mass is 398 g/mol. The van der Waals surface area contributed by atoms with E-state index in [9.17, 15) is 22.7 Å². The first-order valence-electron chi connectivity index (χ1n) is 8.88. The summed E-state index contributed by atoms with van der Waals surface area (Å²) < 4.78 is 58.4. The molecule has 1 atom stereocenters. The zero-order valence-corrected chi connectivity index (χ0v) is 14.7. The average molecular weight is 398 g/mol. The van der Waals surface area contributed by atoms with Crippen molar-refractivity contribution in [1.29, 1.82) is 0 Å². The predicted octanol–water partition coefficient (Wildman–Crippen LogP) is 3.20. The summed E-state index contributed by atoms with van der Waals surface area (Å²) in [6, 6.07) is 0.996. The molecule has 1 fully saturated rings. The lowest BCUT2D eigenvalue weighted by Gasteiger charge is -2.25. The van der Waals surface area contributed by atoms with Crippen molar-refractivity contribution in [1.82, 2.24) is 15.5 Å². The smallest absolute Gasteiger partial charge is 0.416 e. The van der Waals surface area contributed by atoms with Crippen LogP contribution in [0.25, 0.3) is 11.3 Å². The minimum atomic E-state index is -4.77. The second kappa shape index (κ2) is 7.17. The number of piperidine rings is 1. The Bertz CT molecular complexity index is 875. The molecule has 1 aromatic heterocycles. The maximum Gasteiger partial charge on any atom is 0.416 e. The summed E-state index contributed by atoms with van der Waals surface area (Å²) in [4.78, 5) is 0. The first-order valence-corrected chi connectivity index (χ1v) is 8.88. The zero-order chi connectivity index (χ0) is 19.9. The fourth-order valence-electron chi connectivity index (χ4n) is 3.55. The summed E-state index contributed by atoms with van der Waals surface area (Å²) in [7, 11) is 0. The van der Waals surface area contributed by atoms with E-state index in [0.717, 1.165) is 25.9 Å². The molecule has 0 bridgehead atoms. The Labute approximate surface area is 157 Å². The van der Waals surface area contributed by atoms with Gasteiger partial charge in [0.25, 0.3) is 0 Å². The molecule has 3 heterocycles. The van der Waals surface area contributed by atoms with Gasteiger partial charge in [0.05, 0.1) is 24.3 Å². The van der Waals surface area contributed by atoms with Crippen molar-refractivity contribution in [2.75, 3.05) is 18.4 Å². The molecule has 150 valence electrons. The van der Waals surface area contributed by atoms with Crippen molar-refractivity contribution in [3.63, 3.8) is 0 Å². The molecular weight excluding hydrogens is 380 g/mol. The maximum atomic E-state index is 14.5. The number of halogens is 4. The summed E-state index contributed by atoms with van der Waals surface area (Å²) in [5, 5.41) is 24.8. The minimum Gasteiger partial charge on any atom is -0.507 e. The number of nitrogens with zero attached hydrogens (tertiary/aromatic N) is 2. The van der Waals surface area contributed by atoms with Gasteiger partial charge in [-0.2, -0.15) is 13.2 Å². The van der Waals surface area contributed by atoms with Crippen LogP contribution in [0.4, 0.5) is 23.4 Å². The molecule has 10 heteroatoms. The van der Waals surface area contributed by atoms with Gasteiger partial charge in [-0.05, 0) is 31.5 Å². The van der Waals surface area contributed by atoms with Crippen molar-refractivity contribution < 1.29 is 27.4 Å². The van der Waals surface area contributed by atoms with Gasteiger partial charge in [0, 0.05) is 23.7 Å². The number of ether oxygens (including phenoxy) is 1. The van der Waals surface area contributed by atoms with Crippen molar-refractivity contribution in [2.24, 2.45) is 0 Å². The van der Waals surface area contributed by atoms with E-state index in [1.165, 1.54) is 0 Å². The number of hydrogen-bond donors (Lipinski definition) is 3. The van der Waals surface area contributed by atoms with Crippen LogP contribution in [0.2, 0.25) is 0 Å². The van der Waals surface area contributed by atoms with Gasteiger partial charge in [0.15, 0.2) is 5.82 Å². The molecule has 0 radical (unpaired) electrons. The third kappa shape index (κ3) is 3.49. The van der Waals surface area contributed by atoms with Crippen LogP contribution >= 0.6 is 0 Å². The molecule has 0 aliphatic carbocycles. The first kappa shape index (κ1) is 18.9. The topological polar surface area (TPSA) is 79.3 Å². The number of benzene rings is 1. The number of alkyl halides is 3. The van der Waals surface area contributed by atoms with Crippen LogP contribution in [-0.2, 0) is 24.1 Å². The Kier molecular flexibility index (Phi) is 4.84. The predicted molar refractivity (Wildman–Crippen MR) is 92.1 cm³/mol. The van der Waals surface area contributed by atoms with Gasteiger partial charge in [0.2, 0.25) is 0 Å². The molecular formula is C18H18F4N4O2. The van der Waals surface area contributed by atoms with Gasteiger partial charge >= 0.3 is 6.18 Å². The van der Waals surface area contributed by atoms with Crippen molar-refractivity contribution in [3.05, 3.63) is 34.6 Å². The van der Waals surface area contributed by atoms with Crippen LogP contribution in [0.5, 0.6) is 5.75 Å². The molecule has 2 aliphatic heterocycles. The lowest BCUT2D eigenvalue weighted by molar-refractivity contribution is -0.137. The van der Waals surface area contributed by atoms with Crippen molar-refractivity contribution in [3.8, 4) is 17.0 Å². The number of fused-ring (bicyclic) bond motifs is 1. The first-order chi connectivity index (χ1) is 13.3. The number of hydrogen-bond acceptors (Lipinski definition) is 6. The third-order valence-corrected chi connectivity index (χ3v) is 4.95. The van der Waals surface area contributed by atoms with E-state index in [4.69, 9.17) is 4.74 Å². The number of anilines is 1. The third-order valence-electron chi connectivity index (χ3n) is 4.95. The largest absolute Gasteiger partial charge is 0.507 e. The molecule has 3 N–H and O–H groups in total. The Morgan fingerprint density at radius 2 is 1.96 bits per heavy atom. The van der Waals surface area contributed by atoms with E-state index in [1.54, 1.807) is 0 Å². The standard InChI is InChI=1S/C18H18F4N4O2/c19-13-4-9(18(20,21)22)5-14(27)15(13)16-11-7-28-8-12(11)17(26-25-16)24-10-2-1-3-23-6-10/h4-5,10,23,27H,1-3,6-8H2,(H,24,26)/t10-/m1/s1. The fraction of sp³-hybridized carbons (Fsp3) is 0.444. The Morgan fingerprint density at radius 1 is 1.18 bits per heavy atom. The zero-order valence-electron chi connectivity index (χ0n) is 14.7. The van der Waals surface area contributed by atoms with Crippen LogP contribution in [0.1, 0.15) is 29.5 Å². The average Bonchev–Trinajstić information content (AvgIpc) is 3.13. The molecule has 1 aromatic carbocycles. The number of aromatic hydroxyl groups is 1. The summed E-state index contributed by atoms with van der Waals surface area (Å²) >= 11 is 0. The molecule has 0 unspecified atom stereocenters. The van der Waals surface area contributed by atoms with Gasteiger partial charge in [-0.1, -0.05) is 0 Å². The van der Waals surface area contributed by atoms with Gasteiger partial charge < -0.3 is 20.5 Å². The summed E-state index contributed by atoms with van der Waals surface area (Å²) in [5.41, 5.74) is -0.503. The Balaban J connectivity index is 1.73. The van der Waals surface area contributed by atoms with E-state index in [1.807, 2.05) is 0 Å². The van der Waals surface area contributed by atoms with E-state index in [0.29, 0.717) is 29.1 Å². The summed E-state index contributed by atoms with van der Waals surface area (Å²) in [6.07, 6.45) is -2.79. The highest BCUT2D eigenvalue weighted by molar-refractivity contribution is 5.73. The van der Waals surface area contributed by atoms with Crippen LogP contribution < -0.4 is 10.6 Å². The lowest BCUT2D eigenvalue weighted by Crippen LogP contribution is -2.38. The van der Waals surface area contributed by atoms with E-state index >= 15 is 0 Å². The maximum absolute atomic E-state index is 14.5. The molecule has 0 amide bonds. The van der Waals surface area contributed by atoms with Crippen LogP contribution in [0, 0.1) is 5.82 Å². The summed E-state index contributed by atoms with van der Waals surface area (Å²) in [5.74, 6) is -1.54. The normalized spacial score (nSPS) is 19.5. The molecule has 0 saturated carbocycles. The highest BCUT2D eigenvalue weighted by Crippen LogP contribution is 2.41. The number of phenolic OH excluding ortho intramolecular Hbond substituents is 1. The summed E-state index contributed by atoms with van der Waals surface area (Å²) in [6.45, 7) is 2.06. The highest BCUT2D eigenvalue weighted by Gasteiger charge is 2.34. The van der Waals surface area contributed by atoms with E-state index < -0.39 is 28.9 Å². The Hall–Kier alpha value is -2.46. The van der Waals surface area contributed by atoms with Crippen molar-refractivity contribution >= 4 is 5.82 Å². The van der Waals surface area contributed by atoms with Crippen molar-refractivity contribution in [2.45, 2.75) is 38.3 Å². The number of phenols is 1. The number of nitrogens with one attached hydrogen (secondary N) is 2. The molecule has 0 spiro atoms. The van der Waals surface area contributed by atoms with Crippen LogP contribution in [0.3, 0.4) is 0 Å². The number of aromatic nitrogens is 2. The van der Waals surface area contributed by atoms with Gasteiger partial charge in [-0.15, -0.1) is 10.2 Å². The SMILES string of the molecule is Oc1cc(C(F)(F)F)cc(F)c1-c1nnc(N[C@@H]2CCCNC2)c2c1COC2. The molecule has 2 aliphatic rings. The molecule has 6 nitrogen and oxygen atoms in total. The highest BCUT2D eigenvalue weighted by atomic mass is 19.4. The van der Waals surface area contributed by atoms with E-state index in [-0.39, 0.29) is 24.9 Å². The van der Waals surface area contributed by atoms with E-state index in [2.05, 4.69) is 20.8 Å². The van der Waals surface area contributed by atoms with Gasteiger partial charge in [0.1, 0.15) is 17.3 Å². The second-order valence-electron chi connectivity index (χ2n) is 6.88. The Morgan fingerprint density at radius 3 is 2.64 bits per heavy atom. The second-order valence-corrected chi connectivity index (χ2v) is 6.88. The van der Waals surface area contributed by atoms with Gasteiger partial charge in [-0.3, -0.25) is 0 Å². The minimum absolute atomic E-state index is 0.0106. The van der Waals surface area contributed by atoms with Crippen LogP contribution in [0.15, 0.2) is 12.1 Å². The molecule has 1 saturated heterocycles. The molecule has 28 heavy (non-hydrogen) atoms. The molecule has 4 rings (SSSR count). The lowest BCUT2D eigenvalue weighted by atomic mass is 10.00.